The second-order valence-electron chi connectivity index (χ2n) is 5.09. The maximum atomic E-state index is 12.0. The van der Waals surface area contributed by atoms with E-state index in [4.69, 9.17) is 0 Å². The standard InChI is InChI=1S/C16H15N5O2S/c1-11(22)12-2-4-13(5-3-12)18-15(23)8-9-24-16-7-6-14-19-17-10-21(14)20-16/h2-7,10H,8-9H2,1H3,(H,18,23). The highest BCUT2D eigenvalue weighted by Gasteiger charge is 2.06. The molecule has 24 heavy (non-hydrogen) atoms. The van der Waals surface area contributed by atoms with Crippen LogP contribution in [0.15, 0.2) is 47.8 Å². The molecule has 0 saturated carbocycles. The van der Waals surface area contributed by atoms with Crippen LogP contribution >= 0.6 is 11.8 Å². The van der Waals surface area contributed by atoms with Gasteiger partial charge in [0.2, 0.25) is 5.91 Å². The van der Waals surface area contributed by atoms with E-state index in [0.29, 0.717) is 29.1 Å². The van der Waals surface area contributed by atoms with Gasteiger partial charge in [-0.3, -0.25) is 9.59 Å². The number of ketones is 1. The van der Waals surface area contributed by atoms with Gasteiger partial charge in [-0.05, 0) is 43.3 Å². The van der Waals surface area contributed by atoms with E-state index in [-0.39, 0.29) is 11.7 Å². The van der Waals surface area contributed by atoms with E-state index in [1.54, 1.807) is 28.8 Å². The minimum atomic E-state index is -0.0801. The average molecular weight is 341 g/mol. The molecule has 3 aromatic rings. The Kier molecular flexibility index (Phi) is 4.85. The number of nitrogens with zero attached hydrogens (tertiary/aromatic N) is 4. The Labute approximate surface area is 142 Å². The van der Waals surface area contributed by atoms with Crippen LogP contribution in [0.25, 0.3) is 5.65 Å². The molecule has 0 saturated heterocycles. The number of benzene rings is 1. The fourth-order valence-corrected chi connectivity index (χ4v) is 2.85. The van der Waals surface area contributed by atoms with Crippen molar-refractivity contribution in [3.8, 4) is 0 Å². The Hall–Kier alpha value is -2.74. The quantitative estimate of drug-likeness (QED) is 0.547. The fraction of sp³-hybridized carbons (Fsp3) is 0.188. The van der Waals surface area contributed by atoms with Crippen LogP contribution in [0.2, 0.25) is 0 Å². The summed E-state index contributed by atoms with van der Waals surface area (Å²) in [4.78, 5) is 23.2. The third-order valence-corrected chi connectivity index (χ3v) is 4.21. The number of carbonyl (C=O) groups excluding carboxylic acids is 2. The molecule has 0 fully saturated rings. The lowest BCUT2D eigenvalue weighted by atomic mass is 10.1. The minimum absolute atomic E-state index is 0.00170. The molecule has 0 atom stereocenters. The Morgan fingerprint density at radius 1 is 1.17 bits per heavy atom. The molecule has 1 aromatic carbocycles. The van der Waals surface area contributed by atoms with Crippen molar-refractivity contribution >= 4 is 34.8 Å². The summed E-state index contributed by atoms with van der Waals surface area (Å²) in [5.74, 6) is 0.531. The zero-order valence-electron chi connectivity index (χ0n) is 13.0. The van der Waals surface area contributed by atoms with Crippen LogP contribution in [-0.4, -0.2) is 37.3 Å². The van der Waals surface area contributed by atoms with Crippen LogP contribution in [0, 0.1) is 0 Å². The van der Waals surface area contributed by atoms with Crippen LogP contribution in [0.5, 0.6) is 0 Å². The van der Waals surface area contributed by atoms with E-state index in [0.717, 1.165) is 5.03 Å². The summed E-state index contributed by atoms with van der Waals surface area (Å²) in [6, 6.07) is 10.5. The number of fused-ring (bicyclic) bond motifs is 1. The molecule has 0 spiro atoms. The molecule has 2 heterocycles. The molecule has 0 unspecified atom stereocenters. The number of amides is 1. The summed E-state index contributed by atoms with van der Waals surface area (Å²) in [7, 11) is 0. The third-order valence-electron chi connectivity index (χ3n) is 3.29. The van der Waals surface area contributed by atoms with Crippen molar-refractivity contribution in [3.63, 3.8) is 0 Å². The summed E-state index contributed by atoms with van der Waals surface area (Å²) >= 11 is 1.49. The molecule has 1 amide bonds. The molecule has 7 nitrogen and oxygen atoms in total. The van der Waals surface area contributed by atoms with Crippen molar-refractivity contribution in [2.45, 2.75) is 18.4 Å². The normalized spacial score (nSPS) is 10.7. The van der Waals surface area contributed by atoms with E-state index >= 15 is 0 Å². The largest absolute Gasteiger partial charge is 0.326 e. The van der Waals surface area contributed by atoms with Gasteiger partial charge in [0.25, 0.3) is 0 Å². The zero-order chi connectivity index (χ0) is 16.9. The van der Waals surface area contributed by atoms with Gasteiger partial charge in [0.05, 0.1) is 0 Å². The number of hydrogen-bond donors (Lipinski definition) is 1. The van der Waals surface area contributed by atoms with Crippen molar-refractivity contribution < 1.29 is 9.59 Å². The van der Waals surface area contributed by atoms with Crippen LogP contribution in [-0.2, 0) is 4.79 Å². The zero-order valence-corrected chi connectivity index (χ0v) is 13.8. The maximum absolute atomic E-state index is 12.0. The molecular weight excluding hydrogens is 326 g/mol. The Bertz CT molecular complexity index is 876. The minimum Gasteiger partial charge on any atom is -0.326 e. The number of nitrogens with one attached hydrogen (secondary N) is 1. The molecule has 2 aromatic heterocycles. The monoisotopic (exact) mass is 341 g/mol. The van der Waals surface area contributed by atoms with Gasteiger partial charge in [0.1, 0.15) is 11.4 Å². The highest BCUT2D eigenvalue weighted by atomic mass is 32.2. The number of thioether (sulfide) groups is 1. The van der Waals surface area contributed by atoms with Gasteiger partial charge in [0.15, 0.2) is 11.4 Å². The molecule has 122 valence electrons. The number of carbonyl (C=O) groups is 2. The number of aromatic nitrogens is 4. The smallest absolute Gasteiger partial charge is 0.225 e. The van der Waals surface area contributed by atoms with E-state index in [2.05, 4.69) is 20.6 Å². The molecule has 0 aliphatic rings. The SMILES string of the molecule is CC(=O)c1ccc(NC(=O)CCSc2ccc3nncn3n2)cc1. The summed E-state index contributed by atoms with van der Waals surface area (Å²) in [6.07, 6.45) is 1.90. The lowest BCUT2D eigenvalue weighted by Crippen LogP contribution is -2.12. The van der Waals surface area contributed by atoms with Crippen molar-refractivity contribution in [2.75, 3.05) is 11.1 Å². The van der Waals surface area contributed by atoms with Crippen molar-refractivity contribution in [3.05, 3.63) is 48.3 Å². The first kappa shape index (κ1) is 16.1. The second kappa shape index (κ2) is 7.22. The third kappa shape index (κ3) is 3.96. The summed E-state index contributed by atoms with van der Waals surface area (Å²) in [5, 5.41) is 15.6. The van der Waals surface area contributed by atoms with Crippen LogP contribution in [0.3, 0.4) is 0 Å². The molecule has 0 bridgehead atoms. The maximum Gasteiger partial charge on any atom is 0.225 e. The molecular formula is C16H15N5O2S. The molecule has 8 heteroatoms. The van der Waals surface area contributed by atoms with Crippen molar-refractivity contribution in [1.82, 2.24) is 19.8 Å². The first-order valence-electron chi connectivity index (χ1n) is 7.32. The lowest BCUT2D eigenvalue weighted by molar-refractivity contribution is -0.115. The molecule has 1 N–H and O–H groups in total. The van der Waals surface area contributed by atoms with Gasteiger partial charge in [-0.2, -0.15) is 9.61 Å². The van der Waals surface area contributed by atoms with Crippen LogP contribution in [0.1, 0.15) is 23.7 Å². The topological polar surface area (TPSA) is 89.2 Å². The Balaban J connectivity index is 1.49. The molecule has 0 aliphatic carbocycles. The van der Waals surface area contributed by atoms with Gasteiger partial charge in [0, 0.05) is 23.4 Å². The van der Waals surface area contributed by atoms with Gasteiger partial charge in [-0.1, -0.05) is 0 Å². The average Bonchev–Trinajstić information content (AvgIpc) is 3.03. The summed E-state index contributed by atoms with van der Waals surface area (Å²) in [6.45, 7) is 1.51. The van der Waals surface area contributed by atoms with E-state index in [1.165, 1.54) is 25.0 Å². The Morgan fingerprint density at radius 3 is 2.71 bits per heavy atom. The number of hydrogen-bond acceptors (Lipinski definition) is 6. The van der Waals surface area contributed by atoms with Gasteiger partial charge in [-0.25, -0.2) is 0 Å². The van der Waals surface area contributed by atoms with E-state index < -0.39 is 0 Å². The summed E-state index contributed by atoms with van der Waals surface area (Å²) < 4.78 is 1.60. The predicted molar refractivity (Wildman–Crippen MR) is 91.2 cm³/mol. The highest BCUT2D eigenvalue weighted by molar-refractivity contribution is 7.99. The van der Waals surface area contributed by atoms with Crippen molar-refractivity contribution in [1.29, 1.82) is 0 Å². The van der Waals surface area contributed by atoms with Gasteiger partial charge in [-0.15, -0.1) is 22.0 Å². The fourth-order valence-electron chi connectivity index (χ4n) is 2.05. The summed E-state index contributed by atoms with van der Waals surface area (Å²) in [5.41, 5.74) is 1.99. The van der Waals surface area contributed by atoms with Gasteiger partial charge < -0.3 is 5.32 Å². The highest BCUT2D eigenvalue weighted by Crippen LogP contribution is 2.17. The van der Waals surface area contributed by atoms with E-state index in [1.807, 2.05) is 12.1 Å². The lowest BCUT2D eigenvalue weighted by Gasteiger charge is -2.06. The number of anilines is 1. The molecule has 0 radical (unpaired) electrons. The van der Waals surface area contributed by atoms with Crippen LogP contribution < -0.4 is 5.32 Å². The second-order valence-corrected chi connectivity index (χ2v) is 6.20. The van der Waals surface area contributed by atoms with Gasteiger partial charge >= 0.3 is 0 Å². The molecule has 3 rings (SSSR count). The predicted octanol–water partition coefficient (Wildman–Crippen LogP) is 2.45. The van der Waals surface area contributed by atoms with Crippen LogP contribution in [0.4, 0.5) is 5.69 Å². The Morgan fingerprint density at radius 2 is 1.96 bits per heavy atom. The van der Waals surface area contributed by atoms with Crippen molar-refractivity contribution in [2.24, 2.45) is 0 Å². The number of Topliss-reactive ketones (excluding diaryl/α,β-unsaturated/α-hetero) is 1. The van der Waals surface area contributed by atoms with E-state index in [9.17, 15) is 9.59 Å². The number of rotatable bonds is 6. The first-order chi connectivity index (χ1) is 11.6. The first-order valence-corrected chi connectivity index (χ1v) is 8.31. The molecule has 0 aliphatic heterocycles.